The molecule has 47 heavy (non-hydrogen) atoms. The van der Waals surface area contributed by atoms with Crippen molar-refractivity contribution in [3.63, 3.8) is 0 Å². The van der Waals surface area contributed by atoms with Crippen LogP contribution in [0.3, 0.4) is 0 Å². The zero-order valence-corrected chi connectivity index (χ0v) is 29.1. The molecule has 6 rings (SSSR count). The number of nitrogens with one attached hydrogen (secondary N) is 1. The fourth-order valence-electron chi connectivity index (χ4n) is 7.92. The first-order valence-electron chi connectivity index (χ1n) is 16.4. The number of halogens is 2. The van der Waals surface area contributed by atoms with Crippen LogP contribution in [0, 0.1) is 5.92 Å². The molecule has 0 saturated carbocycles. The van der Waals surface area contributed by atoms with Crippen molar-refractivity contribution in [3.8, 4) is 5.75 Å². The molecule has 1 aliphatic carbocycles. The predicted octanol–water partition coefficient (Wildman–Crippen LogP) is 5.26. The molecule has 256 valence electrons. The van der Waals surface area contributed by atoms with Crippen LogP contribution < -0.4 is 14.4 Å². The van der Waals surface area contributed by atoms with E-state index >= 15 is 4.39 Å². The van der Waals surface area contributed by atoms with Crippen LogP contribution in [-0.4, -0.2) is 89.7 Å². The van der Waals surface area contributed by atoms with Crippen molar-refractivity contribution in [3.05, 3.63) is 70.0 Å². The van der Waals surface area contributed by atoms with Crippen molar-refractivity contribution >= 4 is 33.2 Å². The quantitative estimate of drug-likeness (QED) is 0.465. The first-order chi connectivity index (χ1) is 22.4. The van der Waals surface area contributed by atoms with Gasteiger partial charge in [0, 0.05) is 55.9 Å². The number of carbonyl (C=O) groups is 1. The van der Waals surface area contributed by atoms with Crippen LogP contribution in [0.25, 0.3) is 0 Å². The van der Waals surface area contributed by atoms with E-state index in [-0.39, 0.29) is 36.7 Å². The fraction of sp³-hybridized carbons (Fsp3) is 0.571. The summed E-state index contributed by atoms with van der Waals surface area (Å²) in [5.74, 6) is -0.978. The van der Waals surface area contributed by atoms with E-state index in [2.05, 4.69) is 20.6 Å². The lowest BCUT2D eigenvalue weighted by atomic mass is 9.70. The van der Waals surface area contributed by atoms with E-state index in [4.69, 9.17) is 25.8 Å². The summed E-state index contributed by atoms with van der Waals surface area (Å²) < 4.78 is 63.5. The number of sulfonamides is 1. The zero-order valence-electron chi connectivity index (χ0n) is 27.6. The number of methoxy groups -OCH3 is 2. The second-order valence-electron chi connectivity index (χ2n) is 13.8. The maximum atomic E-state index is 16.6. The summed E-state index contributed by atoms with van der Waals surface area (Å²) in [6.45, 7) is 5.62. The van der Waals surface area contributed by atoms with Crippen LogP contribution in [0.4, 0.5) is 10.1 Å². The van der Waals surface area contributed by atoms with E-state index in [1.807, 2.05) is 12.1 Å². The highest BCUT2D eigenvalue weighted by Gasteiger charge is 2.50. The van der Waals surface area contributed by atoms with Gasteiger partial charge in [0.15, 0.2) is 0 Å². The van der Waals surface area contributed by atoms with Crippen LogP contribution in [-0.2, 0) is 31.3 Å². The molecule has 0 radical (unpaired) electrons. The van der Waals surface area contributed by atoms with Gasteiger partial charge in [-0.05, 0) is 86.4 Å². The third kappa shape index (κ3) is 6.30. The van der Waals surface area contributed by atoms with Crippen LogP contribution in [0.5, 0.6) is 5.75 Å². The van der Waals surface area contributed by atoms with E-state index in [0.29, 0.717) is 42.7 Å². The Hall–Kier alpha value is -2.70. The lowest BCUT2D eigenvalue weighted by molar-refractivity contribution is -0.0862. The molecule has 2 bridgehead atoms. The van der Waals surface area contributed by atoms with Crippen molar-refractivity contribution in [2.45, 2.75) is 68.2 Å². The standard InChI is InChI=1S/C35H45ClFN3O6S/c1-23-7-12-32(37)35(21-44-3,22-45-4)40-15-13-28(40)18-39-19-34(14-5-6-25-16-27(36)9-10-29(25)34)20-46-31-11-8-26(17-30(31)39)33(41)38-47(42,43)24(23)2/h8-12,16-17,23-24,28H,5-7,13-15,18-22H2,1-4H3,(H,38,41)/b32-12-/t23-,24+,28-,34-/m0/s1. The molecule has 0 aromatic heterocycles. The number of hydrogen-bond acceptors (Lipinski definition) is 8. The average molecular weight is 690 g/mol. The Morgan fingerprint density at radius 3 is 2.60 bits per heavy atom. The number of ether oxygens (including phenoxy) is 3. The largest absolute Gasteiger partial charge is 0.490 e. The molecule has 0 unspecified atom stereocenters. The van der Waals surface area contributed by atoms with Gasteiger partial charge >= 0.3 is 0 Å². The molecule has 12 heteroatoms. The Labute approximate surface area is 282 Å². The summed E-state index contributed by atoms with van der Waals surface area (Å²) in [6.07, 6.45) is 5.26. The summed E-state index contributed by atoms with van der Waals surface area (Å²) in [5, 5.41) is -0.259. The molecule has 1 N–H and O–H groups in total. The van der Waals surface area contributed by atoms with Crippen molar-refractivity contribution in [1.29, 1.82) is 0 Å². The Bertz CT molecular complexity index is 1650. The molecule has 4 aliphatic rings. The van der Waals surface area contributed by atoms with E-state index < -0.39 is 38.5 Å². The van der Waals surface area contributed by atoms with Gasteiger partial charge in [-0.15, -0.1) is 0 Å². The number of rotatable bonds is 4. The minimum atomic E-state index is -4.08. The second-order valence-corrected chi connectivity index (χ2v) is 16.2. The second kappa shape index (κ2) is 13.3. The number of hydrogen-bond donors (Lipinski definition) is 1. The molecule has 9 nitrogen and oxygen atoms in total. The number of carbonyl (C=O) groups excluding carboxylic acids is 1. The van der Waals surface area contributed by atoms with Crippen LogP contribution in [0.15, 0.2) is 48.3 Å². The Morgan fingerprint density at radius 1 is 1.13 bits per heavy atom. The molecule has 1 amide bonds. The summed E-state index contributed by atoms with van der Waals surface area (Å²) in [5.41, 5.74) is 1.80. The minimum absolute atomic E-state index is 0.0576. The number of amides is 1. The minimum Gasteiger partial charge on any atom is -0.490 e. The van der Waals surface area contributed by atoms with Crippen LogP contribution in [0.1, 0.15) is 61.0 Å². The Balaban J connectivity index is 1.48. The smallest absolute Gasteiger partial charge is 0.264 e. The number of anilines is 1. The molecule has 1 spiro atoms. The van der Waals surface area contributed by atoms with Gasteiger partial charge in [0.2, 0.25) is 10.0 Å². The van der Waals surface area contributed by atoms with E-state index in [9.17, 15) is 13.2 Å². The summed E-state index contributed by atoms with van der Waals surface area (Å²) in [4.78, 5) is 17.9. The van der Waals surface area contributed by atoms with Gasteiger partial charge in [0.25, 0.3) is 5.91 Å². The molecular weight excluding hydrogens is 645 g/mol. The van der Waals surface area contributed by atoms with Gasteiger partial charge in [-0.2, -0.15) is 0 Å². The van der Waals surface area contributed by atoms with Crippen molar-refractivity contribution in [1.82, 2.24) is 9.62 Å². The molecule has 1 fully saturated rings. The number of aryl methyl sites for hydroxylation is 1. The van der Waals surface area contributed by atoms with Crippen molar-refractivity contribution < 1.29 is 31.8 Å². The SMILES string of the molecule is COCC1(COC)/C(F)=C/C[C@H](C)[C@@H](C)S(=O)(=O)NC(=O)c2ccc3c(c2)N(C[C@@H]2CCN21)C[C@@]1(CCCc2cc(Cl)ccc21)CO3. The number of benzene rings is 2. The van der Waals surface area contributed by atoms with E-state index in [0.717, 1.165) is 25.7 Å². The van der Waals surface area contributed by atoms with Crippen molar-refractivity contribution in [2.24, 2.45) is 5.92 Å². The summed E-state index contributed by atoms with van der Waals surface area (Å²) in [7, 11) is -0.970. The summed E-state index contributed by atoms with van der Waals surface area (Å²) in [6, 6.07) is 11.1. The van der Waals surface area contributed by atoms with Gasteiger partial charge in [0.05, 0.1) is 30.8 Å². The molecule has 2 aromatic rings. The van der Waals surface area contributed by atoms with Gasteiger partial charge in [-0.1, -0.05) is 30.7 Å². The van der Waals surface area contributed by atoms with Crippen LogP contribution in [0.2, 0.25) is 5.02 Å². The highest BCUT2D eigenvalue weighted by Crippen LogP contribution is 2.46. The van der Waals surface area contributed by atoms with Crippen molar-refractivity contribution in [2.75, 3.05) is 58.6 Å². The highest BCUT2D eigenvalue weighted by molar-refractivity contribution is 7.90. The molecule has 3 aliphatic heterocycles. The maximum Gasteiger partial charge on any atom is 0.264 e. The number of nitrogens with zero attached hydrogens (tertiary/aromatic N) is 2. The zero-order chi connectivity index (χ0) is 33.6. The van der Waals surface area contributed by atoms with Crippen LogP contribution >= 0.6 is 11.6 Å². The third-order valence-corrected chi connectivity index (χ3v) is 13.0. The third-order valence-electron chi connectivity index (χ3n) is 10.8. The Kier molecular flexibility index (Phi) is 9.68. The first-order valence-corrected chi connectivity index (χ1v) is 18.3. The van der Waals surface area contributed by atoms with Gasteiger partial charge in [-0.3, -0.25) is 9.69 Å². The number of fused-ring (bicyclic) bond motifs is 4. The fourth-order valence-corrected chi connectivity index (χ4v) is 9.40. The topological polar surface area (TPSA) is 97.4 Å². The first kappa shape index (κ1) is 34.2. The van der Waals surface area contributed by atoms with Gasteiger partial charge in [0.1, 0.15) is 17.1 Å². The number of allylic oxidation sites excluding steroid dienone is 1. The monoisotopic (exact) mass is 689 g/mol. The summed E-state index contributed by atoms with van der Waals surface area (Å²) >= 11 is 6.42. The lowest BCUT2D eigenvalue weighted by Gasteiger charge is -2.54. The lowest BCUT2D eigenvalue weighted by Crippen LogP contribution is -2.68. The van der Waals surface area contributed by atoms with E-state index in [1.54, 1.807) is 46.3 Å². The molecule has 3 heterocycles. The maximum absolute atomic E-state index is 16.6. The molecule has 2 aromatic carbocycles. The normalized spacial score (nSPS) is 30.1. The average Bonchev–Trinajstić information content (AvgIpc) is 3.17. The molecule has 1 saturated heterocycles. The van der Waals surface area contributed by atoms with E-state index in [1.165, 1.54) is 17.2 Å². The van der Waals surface area contributed by atoms with Gasteiger partial charge in [-0.25, -0.2) is 17.5 Å². The van der Waals surface area contributed by atoms with Gasteiger partial charge < -0.3 is 19.1 Å². The molecule has 4 atom stereocenters. The Morgan fingerprint density at radius 2 is 1.89 bits per heavy atom. The highest BCUT2D eigenvalue weighted by atomic mass is 35.5. The predicted molar refractivity (Wildman–Crippen MR) is 181 cm³/mol. The molecular formula is C35H45ClFN3O6S.